The maximum Gasteiger partial charge on any atom is 0.408 e. The number of rotatable bonds is 7. The number of halogens is 5. The van der Waals surface area contributed by atoms with Crippen molar-refractivity contribution in [1.82, 2.24) is 15.5 Å². The van der Waals surface area contributed by atoms with Crippen LogP contribution in [0.1, 0.15) is 38.5 Å². The molecule has 200 valence electrons. The lowest BCUT2D eigenvalue weighted by Gasteiger charge is -2.37. The Balaban J connectivity index is 1.44. The molecule has 2 aliphatic rings. The first-order valence-electron chi connectivity index (χ1n) is 11.6. The van der Waals surface area contributed by atoms with Crippen LogP contribution >= 0.6 is 11.6 Å². The maximum absolute atomic E-state index is 13.5. The van der Waals surface area contributed by atoms with E-state index in [0.29, 0.717) is 19.3 Å². The number of hydrogen-bond donors (Lipinski definition) is 3. The second-order valence-corrected chi connectivity index (χ2v) is 9.57. The molecule has 1 aliphatic heterocycles. The van der Waals surface area contributed by atoms with Gasteiger partial charge in [0.2, 0.25) is 5.91 Å². The van der Waals surface area contributed by atoms with Crippen LogP contribution in [-0.4, -0.2) is 65.9 Å². The summed E-state index contributed by atoms with van der Waals surface area (Å²) in [6, 6.07) is 2.20. The first-order chi connectivity index (χ1) is 16.9. The average Bonchev–Trinajstić information content (AvgIpc) is 2.83. The molecule has 1 saturated carbocycles. The van der Waals surface area contributed by atoms with Crippen molar-refractivity contribution in [2.24, 2.45) is 11.8 Å². The quantitative estimate of drug-likeness (QED) is 0.456. The molecule has 1 heterocycles. The molecule has 3 amide bonds. The molecular weight excluding hydrogens is 510 g/mol. The molecule has 36 heavy (non-hydrogen) atoms. The number of nitrogens with zero attached hydrogens (tertiary/aromatic N) is 1. The van der Waals surface area contributed by atoms with Crippen LogP contribution in [0.5, 0.6) is 5.75 Å². The lowest BCUT2D eigenvalue weighted by atomic mass is 9.81. The molecule has 1 aromatic rings. The number of piperidine rings is 1. The van der Waals surface area contributed by atoms with Crippen molar-refractivity contribution < 1.29 is 41.8 Å². The molecule has 3 N–H and O–H groups in total. The van der Waals surface area contributed by atoms with E-state index in [1.54, 1.807) is 0 Å². The van der Waals surface area contributed by atoms with E-state index in [1.165, 1.54) is 12.1 Å². The number of carbonyl (C=O) groups is 3. The smallest absolute Gasteiger partial charge is 0.408 e. The van der Waals surface area contributed by atoms with Gasteiger partial charge >= 0.3 is 12.3 Å². The van der Waals surface area contributed by atoms with Crippen LogP contribution < -0.4 is 15.4 Å². The van der Waals surface area contributed by atoms with Gasteiger partial charge in [-0.2, -0.15) is 13.2 Å². The standard InChI is InChI=1S/C23H28ClF4N3O5/c24-17-7-6-16(9-18(17)25)36-12-20(32)30-15-5-8-19(31(11-15)22(34)35)21(33)29-10-13-1-3-14(4-2-13)23(26,27)28/h6-7,9,13-15,19H,1-5,8,10-12H2,(H,29,33)(H,30,32)(H,34,35)/t13?,14?,15-,19+/m0/s1. The van der Waals surface area contributed by atoms with Gasteiger partial charge in [-0.05, 0) is 56.6 Å². The van der Waals surface area contributed by atoms with Gasteiger partial charge in [0, 0.05) is 25.2 Å². The Morgan fingerprint density at radius 1 is 1.11 bits per heavy atom. The topological polar surface area (TPSA) is 108 Å². The molecule has 0 spiro atoms. The van der Waals surface area contributed by atoms with Crippen LogP contribution in [0, 0.1) is 17.7 Å². The lowest BCUT2D eigenvalue weighted by molar-refractivity contribution is -0.183. The molecule has 0 radical (unpaired) electrons. The zero-order valence-electron chi connectivity index (χ0n) is 19.3. The van der Waals surface area contributed by atoms with Crippen molar-refractivity contribution in [1.29, 1.82) is 0 Å². The van der Waals surface area contributed by atoms with Crippen molar-refractivity contribution in [3.63, 3.8) is 0 Å². The summed E-state index contributed by atoms with van der Waals surface area (Å²) in [6.45, 7) is -0.354. The fourth-order valence-corrected chi connectivity index (χ4v) is 4.73. The summed E-state index contributed by atoms with van der Waals surface area (Å²) in [6.07, 6.45) is -4.31. The summed E-state index contributed by atoms with van der Waals surface area (Å²) in [5.41, 5.74) is 0. The van der Waals surface area contributed by atoms with Gasteiger partial charge in [-0.3, -0.25) is 14.5 Å². The van der Waals surface area contributed by atoms with Crippen LogP contribution in [0.3, 0.4) is 0 Å². The van der Waals surface area contributed by atoms with Crippen molar-refractivity contribution in [2.45, 2.75) is 56.8 Å². The molecule has 3 rings (SSSR count). The molecule has 8 nitrogen and oxygen atoms in total. The predicted octanol–water partition coefficient (Wildman–Crippen LogP) is 3.97. The number of carboxylic acid groups (broad SMARTS) is 1. The lowest BCUT2D eigenvalue weighted by Crippen LogP contribution is -2.58. The van der Waals surface area contributed by atoms with Crippen LogP contribution in [0.25, 0.3) is 0 Å². The zero-order valence-corrected chi connectivity index (χ0v) is 20.1. The summed E-state index contributed by atoms with van der Waals surface area (Å²) >= 11 is 5.60. The van der Waals surface area contributed by atoms with Gasteiger partial charge in [0.05, 0.1) is 10.9 Å². The van der Waals surface area contributed by atoms with Crippen LogP contribution in [-0.2, 0) is 9.59 Å². The van der Waals surface area contributed by atoms with E-state index in [9.17, 15) is 37.1 Å². The molecule has 1 saturated heterocycles. The van der Waals surface area contributed by atoms with Gasteiger partial charge in [-0.15, -0.1) is 0 Å². The number of carbonyl (C=O) groups excluding carboxylic acids is 2. The van der Waals surface area contributed by atoms with E-state index < -0.39 is 54.5 Å². The summed E-state index contributed by atoms with van der Waals surface area (Å²) in [4.78, 5) is 37.6. The third kappa shape index (κ3) is 7.62. The fraction of sp³-hybridized carbons (Fsp3) is 0.609. The molecule has 2 atom stereocenters. The number of amides is 3. The Labute approximate surface area is 210 Å². The number of alkyl halides is 3. The highest BCUT2D eigenvalue weighted by molar-refractivity contribution is 6.30. The number of likely N-dealkylation sites (tertiary alicyclic amines) is 1. The Morgan fingerprint density at radius 2 is 1.81 bits per heavy atom. The van der Waals surface area contributed by atoms with Crippen molar-refractivity contribution in [3.8, 4) is 5.75 Å². The van der Waals surface area contributed by atoms with Gasteiger partial charge in [0.15, 0.2) is 6.61 Å². The predicted molar refractivity (Wildman–Crippen MR) is 121 cm³/mol. The van der Waals surface area contributed by atoms with Gasteiger partial charge in [-0.1, -0.05) is 11.6 Å². The SMILES string of the molecule is O=C(COc1ccc(Cl)c(F)c1)N[C@H]1CC[C@H](C(=O)NCC2CCC(C(F)(F)F)CC2)N(C(=O)O)C1. The molecule has 1 aromatic carbocycles. The Morgan fingerprint density at radius 3 is 2.42 bits per heavy atom. The second kappa shape index (κ2) is 12.0. The first-order valence-corrected chi connectivity index (χ1v) is 12.0. The minimum absolute atomic E-state index is 0.0206. The minimum atomic E-state index is -4.20. The number of benzene rings is 1. The van der Waals surface area contributed by atoms with Crippen LogP contribution in [0.2, 0.25) is 5.02 Å². The van der Waals surface area contributed by atoms with Gasteiger partial charge in [0.25, 0.3) is 5.91 Å². The Kier molecular flexibility index (Phi) is 9.26. The number of ether oxygens (including phenoxy) is 1. The van der Waals surface area contributed by atoms with E-state index in [0.717, 1.165) is 11.0 Å². The van der Waals surface area contributed by atoms with Gasteiger partial charge in [0.1, 0.15) is 17.6 Å². The third-order valence-corrected chi connectivity index (χ3v) is 6.94. The van der Waals surface area contributed by atoms with E-state index >= 15 is 0 Å². The van der Waals surface area contributed by atoms with E-state index in [4.69, 9.17) is 16.3 Å². The molecule has 13 heteroatoms. The summed E-state index contributed by atoms with van der Waals surface area (Å²) in [5, 5.41) is 14.8. The monoisotopic (exact) mass is 537 g/mol. The zero-order chi connectivity index (χ0) is 26.5. The van der Waals surface area contributed by atoms with Gasteiger partial charge < -0.3 is 20.5 Å². The maximum atomic E-state index is 13.5. The normalized spacial score (nSPS) is 24.6. The molecule has 0 bridgehead atoms. The minimum Gasteiger partial charge on any atom is -0.484 e. The van der Waals surface area contributed by atoms with Crippen LogP contribution in [0.15, 0.2) is 18.2 Å². The summed E-state index contributed by atoms with van der Waals surface area (Å²) < 4.78 is 57.2. The second-order valence-electron chi connectivity index (χ2n) is 9.16. The third-order valence-electron chi connectivity index (χ3n) is 6.63. The first kappa shape index (κ1) is 27.8. The average molecular weight is 538 g/mol. The highest BCUT2D eigenvalue weighted by Crippen LogP contribution is 2.39. The van der Waals surface area contributed by atoms with Gasteiger partial charge in [-0.25, -0.2) is 9.18 Å². The van der Waals surface area contributed by atoms with E-state index in [1.807, 2.05) is 0 Å². The highest BCUT2D eigenvalue weighted by atomic mass is 35.5. The molecule has 2 fully saturated rings. The highest BCUT2D eigenvalue weighted by Gasteiger charge is 2.42. The Hall–Kier alpha value is -2.76. The Bertz CT molecular complexity index is 956. The van der Waals surface area contributed by atoms with Crippen LogP contribution in [0.4, 0.5) is 22.4 Å². The molecule has 0 unspecified atom stereocenters. The van der Waals surface area contributed by atoms with Crippen molar-refractivity contribution in [2.75, 3.05) is 19.7 Å². The summed E-state index contributed by atoms with van der Waals surface area (Å²) in [7, 11) is 0. The summed E-state index contributed by atoms with van der Waals surface area (Å²) in [5.74, 6) is -3.04. The number of nitrogens with one attached hydrogen (secondary N) is 2. The van der Waals surface area contributed by atoms with E-state index in [2.05, 4.69) is 10.6 Å². The number of hydrogen-bond acceptors (Lipinski definition) is 4. The van der Waals surface area contributed by atoms with Crippen molar-refractivity contribution in [3.05, 3.63) is 29.0 Å². The van der Waals surface area contributed by atoms with E-state index in [-0.39, 0.29) is 49.0 Å². The molecular formula is C23H28ClF4N3O5. The molecule has 0 aromatic heterocycles. The largest absolute Gasteiger partial charge is 0.484 e. The van der Waals surface area contributed by atoms with Crippen molar-refractivity contribution >= 4 is 29.5 Å². The molecule has 1 aliphatic carbocycles. The fourth-order valence-electron chi connectivity index (χ4n) is 4.61.